The highest BCUT2D eigenvalue weighted by molar-refractivity contribution is 5.92. The van der Waals surface area contributed by atoms with Gasteiger partial charge in [0.15, 0.2) is 5.78 Å². The van der Waals surface area contributed by atoms with Crippen molar-refractivity contribution in [1.82, 2.24) is 4.90 Å². The standard InChI is InChI=1S/C10H15NO/c1-7-5-8(12)6-10-9(7)3-4-11(10)2/h5,9-10H,3-4,6H2,1-2H3. The number of fused-ring (bicyclic) bond motifs is 1. The molecule has 2 rings (SSSR count). The second-order valence-corrected chi connectivity index (χ2v) is 4.00. The van der Waals surface area contributed by atoms with Gasteiger partial charge in [-0.1, -0.05) is 5.57 Å². The topological polar surface area (TPSA) is 20.3 Å². The molecular weight excluding hydrogens is 150 g/mol. The smallest absolute Gasteiger partial charge is 0.157 e. The molecule has 66 valence electrons. The van der Waals surface area contributed by atoms with Gasteiger partial charge >= 0.3 is 0 Å². The van der Waals surface area contributed by atoms with Gasteiger partial charge in [-0.05, 0) is 38.9 Å². The molecule has 1 aliphatic heterocycles. The predicted molar refractivity (Wildman–Crippen MR) is 47.9 cm³/mol. The molecule has 1 fully saturated rings. The molecule has 0 N–H and O–H groups in total. The van der Waals surface area contributed by atoms with E-state index in [1.165, 1.54) is 12.0 Å². The molecule has 2 aliphatic rings. The summed E-state index contributed by atoms with van der Waals surface area (Å²) in [5.74, 6) is 0.968. The van der Waals surface area contributed by atoms with Crippen LogP contribution in [0.2, 0.25) is 0 Å². The van der Waals surface area contributed by atoms with Crippen molar-refractivity contribution in [2.24, 2.45) is 5.92 Å². The van der Waals surface area contributed by atoms with Gasteiger partial charge < -0.3 is 4.90 Å². The lowest BCUT2D eigenvalue weighted by Gasteiger charge is -2.27. The first-order valence-corrected chi connectivity index (χ1v) is 4.60. The normalized spacial score (nSPS) is 36.5. The Bertz CT molecular complexity index is 244. The van der Waals surface area contributed by atoms with E-state index in [9.17, 15) is 4.79 Å². The maximum atomic E-state index is 11.3. The molecule has 0 aromatic heterocycles. The van der Waals surface area contributed by atoms with Crippen molar-refractivity contribution in [1.29, 1.82) is 0 Å². The van der Waals surface area contributed by atoms with Gasteiger partial charge in [0.2, 0.25) is 0 Å². The van der Waals surface area contributed by atoms with Crippen molar-refractivity contribution < 1.29 is 4.79 Å². The van der Waals surface area contributed by atoms with Crippen molar-refractivity contribution in [3.63, 3.8) is 0 Å². The molecule has 2 heteroatoms. The Labute approximate surface area is 73.2 Å². The summed E-state index contributed by atoms with van der Waals surface area (Å²) in [5, 5.41) is 0. The predicted octanol–water partition coefficient (Wildman–Crippen LogP) is 1.23. The minimum absolute atomic E-state index is 0.308. The number of carbonyl (C=O) groups excluding carboxylic acids is 1. The highest BCUT2D eigenvalue weighted by atomic mass is 16.1. The summed E-state index contributed by atoms with van der Waals surface area (Å²) < 4.78 is 0. The van der Waals surface area contributed by atoms with Crippen LogP contribution in [0.1, 0.15) is 19.8 Å². The third kappa shape index (κ3) is 1.11. The summed E-state index contributed by atoms with van der Waals surface area (Å²) in [5.41, 5.74) is 1.29. The van der Waals surface area contributed by atoms with Gasteiger partial charge in [0.1, 0.15) is 0 Å². The van der Waals surface area contributed by atoms with Crippen molar-refractivity contribution >= 4 is 5.78 Å². The zero-order valence-electron chi connectivity index (χ0n) is 7.71. The van der Waals surface area contributed by atoms with Crippen LogP contribution in [0, 0.1) is 5.92 Å². The lowest BCUT2D eigenvalue weighted by atomic mass is 9.84. The molecule has 0 radical (unpaired) electrons. The Balaban J connectivity index is 2.26. The Kier molecular flexibility index (Phi) is 1.80. The zero-order valence-corrected chi connectivity index (χ0v) is 7.71. The minimum atomic E-state index is 0.308. The first-order valence-electron chi connectivity index (χ1n) is 4.60. The van der Waals surface area contributed by atoms with Crippen LogP contribution in [0.4, 0.5) is 0 Å². The van der Waals surface area contributed by atoms with E-state index in [1.54, 1.807) is 0 Å². The summed E-state index contributed by atoms with van der Waals surface area (Å²) in [6.45, 7) is 3.24. The van der Waals surface area contributed by atoms with Crippen LogP contribution in [-0.4, -0.2) is 30.3 Å². The summed E-state index contributed by atoms with van der Waals surface area (Å²) in [4.78, 5) is 13.6. The van der Waals surface area contributed by atoms with E-state index in [0.29, 0.717) is 17.7 Å². The molecule has 0 bridgehead atoms. The first kappa shape index (κ1) is 7.99. The SMILES string of the molecule is CC1=CC(=O)CC2C1CCN2C. The molecule has 0 spiro atoms. The summed E-state index contributed by atoms with van der Waals surface area (Å²) in [6, 6.07) is 0.502. The molecule has 12 heavy (non-hydrogen) atoms. The Morgan fingerprint density at radius 3 is 3.08 bits per heavy atom. The van der Waals surface area contributed by atoms with Crippen molar-refractivity contribution in [3.8, 4) is 0 Å². The average Bonchev–Trinajstić information content (AvgIpc) is 2.33. The Morgan fingerprint density at radius 2 is 2.33 bits per heavy atom. The molecule has 0 aromatic rings. The van der Waals surface area contributed by atoms with E-state index in [2.05, 4.69) is 18.9 Å². The molecule has 2 nitrogen and oxygen atoms in total. The van der Waals surface area contributed by atoms with Crippen LogP contribution in [0.3, 0.4) is 0 Å². The number of hydrogen-bond donors (Lipinski definition) is 0. The van der Waals surface area contributed by atoms with Crippen molar-refractivity contribution in [3.05, 3.63) is 11.6 Å². The highest BCUT2D eigenvalue weighted by Gasteiger charge is 2.36. The first-order chi connectivity index (χ1) is 5.68. The van der Waals surface area contributed by atoms with E-state index >= 15 is 0 Å². The van der Waals surface area contributed by atoms with Gasteiger partial charge in [0, 0.05) is 12.5 Å². The molecule has 0 amide bonds. The molecule has 0 saturated carbocycles. The second kappa shape index (κ2) is 2.70. The van der Waals surface area contributed by atoms with E-state index < -0.39 is 0 Å². The van der Waals surface area contributed by atoms with E-state index in [-0.39, 0.29) is 0 Å². The summed E-state index contributed by atoms with van der Waals surface area (Å²) in [6.07, 6.45) is 3.80. The van der Waals surface area contributed by atoms with Gasteiger partial charge in [0.25, 0.3) is 0 Å². The number of nitrogens with zero attached hydrogens (tertiary/aromatic N) is 1. The number of allylic oxidation sites excluding steroid dienone is 1. The fraction of sp³-hybridized carbons (Fsp3) is 0.700. The van der Waals surface area contributed by atoms with Gasteiger partial charge in [0.05, 0.1) is 0 Å². The Morgan fingerprint density at radius 1 is 1.58 bits per heavy atom. The van der Waals surface area contributed by atoms with Crippen LogP contribution >= 0.6 is 0 Å². The lowest BCUT2D eigenvalue weighted by Crippen LogP contribution is -2.34. The zero-order chi connectivity index (χ0) is 8.72. The minimum Gasteiger partial charge on any atom is -0.302 e. The number of carbonyl (C=O) groups is 1. The number of rotatable bonds is 0. The van der Waals surface area contributed by atoms with E-state index in [1.807, 2.05) is 6.08 Å². The van der Waals surface area contributed by atoms with Crippen molar-refractivity contribution in [2.75, 3.05) is 13.6 Å². The van der Waals surface area contributed by atoms with Crippen LogP contribution in [0.15, 0.2) is 11.6 Å². The molecule has 1 heterocycles. The van der Waals surface area contributed by atoms with Crippen molar-refractivity contribution in [2.45, 2.75) is 25.8 Å². The molecule has 1 aliphatic carbocycles. The van der Waals surface area contributed by atoms with Crippen LogP contribution in [0.25, 0.3) is 0 Å². The van der Waals surface area contributed by atoms with Gasteiger partial charge in [-0.25, -0.2) is 0 Å². The van der Waals surface area contributed by atoms with Gasteiger partial charge in [-0.15, -0.1) is 0 Å². The Hall–Kier alpha value is -0.630. The second-order valence-electron chi connectivity index (χ2n) is 4.00. The number of hydrogen-bond acceptors (Lipinski definition) is 2. The van der Waals surface area contributed by atoms with Crippen LogP contribution < -0.4 is 0 Å². The molecular formula is C10H15NO. The van der Waals surface area contributed by atoms with Crippen LogP contribution in [-0.2, 0) is 4.79 Å². The third-order valence-corrected chi connectivity index (χ3v) is 3.21. The molecule has 0 aromatic carbocycles. The van der Waals surface area contributed by atoms with E-state index in [0.717, 1.165) is 13.0 Å². The maximum Gasteiger partial charge on any atom is 0.157 e. The number of likely N-dealkylation sites (tertiary alicyclic amines) is 1. The average molecular weight is 165 g/mol. The number of ketones is 1. The third-order valence-electron chi connectivity index (χ3n) is 3.21. The van der Waals surface area contributed by atoms with Gasteiger partial charge in [-0.3, -0.25) is 4.79 Å². The molecule has 2 unspecified atom stereocenters. The molecule has 2 atom stereocenters. The fourth-order valence-electron chi connectivity index (χ4n) is 2.46. The highest BCUT2D eigenvalue weighted by Crippen LogP contribution is 2.34. The van der Waals surface area contributed by atoms with Gasteiger partial charge in [-0.2, -0.15) is 0 Å². The molecule has 1 saturated heterocycles. The fourth-order valence-corrected chi connectivity index (χ4v) is 2.46. The quantitative estimate of drug-likeness (QED) is 0.538. The largest absolute Gasteiger partial charge is 0.302 e. The monoisotopic (exact) mass is 165 g/mol. The van der Waals surface area contributed by atoms with Crippen LogP contribution in [0.5, 0.6) is 0 Å². The summed E-state index contributed by atoms with van der Waals surface area (Å²) >= 11 is 0. The van der Waals surface area contributed by atoms with E-state index in [4.69, 9.17) is 0 Å². The lowest BCUT2D eigenvalue weighted by molar-refractivity contribution is -0.116. The maximum absolute atomic E-state index is 11.3. The summed E-state index contributed by atoms with van der Waals surface area (Å²) in [7, 11) is 2.12.